The van der Waals surface area contributed by atoms with Crippen LogP contribution in [0.15, 0.2) is 6.20 Å². The van der Waals surface area contributed by atoms with E-state index in [1.807, 2.05) is 0 Å². The van der Waals surface area contributed by atoms with Crippen LogP contribution in [-0.4, -0.2) is 28.4 Å². The van der Waals surface area contributed by atoms with Gasteiger partial charge in [-0.25, -0.2) is 4.98 Å². The van der Waals surface area contributed by atoms with E-state index in [1.54, 1.807) is 17.5 Å². The molecule has 0 unspecified atom stereocenters. The fourth-order valence-corrected chi connectivity index (χ4v) is 4.71. The van der Waals surface area contributed by atoms with Gasteiger partial charge in [0.25, 0.3) is 5.91 Å². The Morgan fingerprint density at radius 2 is 1.95 bits per heavy atom. The van der Waals surface area contributed by atoms with Gasteiger partial charge in [-0.3, -0.25) is 4.79 Å². The topological polar surface area (TPSA) is 33.2 Å². The standard InChI is InChI=1S/C17H26N2OS/c1-12(2)16-18-11-15(21-16)17(20)19-10-6-5-8-13-7-3-4-9-14(13)19/h11-14H,3-10H2,1-2H3/t13-,14-/m0/s1. The molecule has 4 heteroatoms. The lowest BCUT2D eigenvalue weighted by molar-refractivity contribution is 0.0573. The molecule has 2 aliphatic rings. The summed E-state index contributed by atoms with van der Waals surface area (Å²) in [5.74, 6) is 1.38. The summed E-state index contributed by atoms with van der Waals surface area (Å²) in [4.78, 5) is 20.4. The first-order chi connectivity index (χ1) is 10.2. The summed E-state index contributed by atoms with van der Waals surface area (Å²) < 4.78 is 0. The first-order valence-corrected chi connectivity index (χ1v) is 9.25. The lowest BCUT2D eigenvalue weighted by Gasteiger charge is -2.38. The largest absolute Gasteiger partial charge is 0.335 e. The van der Waals surface area contributed by atoms with Crippen molar-refractivity contribution in [2.75, 3.05) is 6.54 Å². The number of fused-ring (bicyclic) bond motifs is 1. The molecule has 1 saturated heterocycles. The summed E-state index contributed by atoms with van der Waals surface area (Å²) in [5.41, 5.74) is 0. The number of hydrogen-bond donors (Lipinski definition) is 0. The minimum absolute atomic E-state index is 0.234. The Morgan fingerprint density at radius 3 is 2.67 bits per heavy atom. The summed E-state index contributed by atoms with van der Waals surface area (Å²) in [5, 5.41) is 1.08. The number of rotatable bonds is 2. The second-order valence-corrected chi connectivity index (χ2v) is 7.89. The molecule has 0 spiro atoms. The highest BCUT2D eigenvalue weighted by Gasteiger charge is 2.35. The highest BCUT2D eigenvalue weighted by atomic mass is 32.1. The van der Waals surface area contributed by atoms with E-state index in [2.05, 4.69) is 23.7 Å². The predicted octanol–water partition coefficient (Wildman–Crippen LogP) is 4.45. The molecule has 1 aliphatic carbocycles. The van der Waals surface area contributed by atoms with E-state index in [0.717, 1.165) is 28.8 Å². The van der Waals surface area contributed by atoms with Crippen LogP contribution in [0.25, 0.3) is 0 Å². The fourth-order valence-electron chi connectivity index (χ4n) is 3.84. The maximum Gasteiger partial charge on any atom is 0.265 e. The Balaban J connectivity index is 1.80. The van der Waals surface area contributed by atoms with Crippen LogP contribution in [0.5, 0.6) is 0 Å². The zero-order valence-corrected chi connectivity index (χ0v) is 14.0. The summed E-state index contributed by atoms with van der Waals surface area (Å²) in [7, 11) is 0. The van der Waals surface area contributed by atoms with E-state index in [0.29, 0.717) is 12.0 Å². The van der Waals surface area contributed by atoms with Crippen molar-refractivity contribution in [3.8, 4) is 0 Å². The van der Waals surface area contributed by atoms with Gasteiger partial charge in [0.05, 0.1) is 11.2 Å². The number of carbonyl (C=O) groups excluding carboxylic acids is 1. The molecule has 1 saturated carbocycles. The van der Waals surface area contributed by atoms with Gasteiger partial charge >= 0.3 is 0 Å². The van der Waals surface area contributed by atoms with Crippen LogP contribution in [-0.2, 0) is 0 Å². The Kier molecular flexibility index (Phi) is 4.63. The SMILES string of the molecule is CC(C)c1ncc(C(=O)N2CCCC[C@@H]3CCCC[C@@H]32)s1. The molecule has 0 radical (unpaired) electrons. The predicted molar refractivity (Wildman–Crippen MR) is 86.8 cm³/mol. The van der Waals surface area contributed by atoms with E-state index >= 15 is 0 Å². The maximum atomic E-state index is 12.9. The Hall–Kier alpha value is -0.900. The first kappa shape index (κ1) is 15.0. The van der Waals surface area contributed by atoms with Crippen LogP contribution in [0.3, 0.4) is 0 Å². The number of hydrogen-bond acceptors (Lipinski definition) is 3. The Labute approximate surface area is 131 Å². The van der Waals surface area contributed by atoms with Crippen LogP contribution in [0.1, 0.15) is 79.4 Å². The normalized spacial score (nSPS) is 26.5. The average molecular weight is 306 g/mol. The van der Waals surface area contributed by atoms with E-state index in [1.165, 1.54) is 38.5 Å². The van der Waals surface area contributed by atoms with Crippen molar-refractivity contribution in [2.45, 2.75) is 70.8 Å². The van der Waals surface area contributed by atoms with Crippen molar-refractivity contribution in [1.29, 1.82) is 0 Å². The molecule has 1 amide bonds. The van der Waals surface area contributed by atoms with Gasteiger partial charge in [0.2, 0.25) is 0 Å². The Morgan fingerprint density at radius 1 is 1.24 bits per heavy atom. The first-order valence-electron chi connectivity index (χ1n) is 8.43. The lowest BCUT2D eigenvalue weighted by Crippen LogP contribution is -2.44. The van der Waals surface area contributed by atoms with Gasteiger partial charge < -0.3 is 4.90 Å². The van der Waals surface area contributed by atoms with Crippen molar-refractivity contribution >= 4 is 17.2 Å². The second-order valence-electron chi connectivity index (χ2n) is 6.82. The molecular weight excluding hydrogens is 280 g/mol. The summed E-state index contributed by atoms with van der Waals surface area (Å²) >= 11 is 1.59. The zero-order chi connectivity index (χ0) is 14.8. The summed E-state index contributed by atoms with van der Waals surface area (Å²) in [6, 6.07) is 0.485. The van der Waals surface area contributed by atoms with E-state index in [4.69, 9.17) is 0 Å². The maximum absolute atomic E-state index is 12.9. The fraction of sp³-hybridized carbons (Fsp3) is 0.765. The van der Waals surface area contributed by atoms with Gasteiger partial charge in [-0.2, -0.15) is 0 Å². The third kappa shape index (κ3) is 3.15. The van der Waals surface area contributed by atoms with Crippen molar-refractivity contribution in [3.05, 3.63) is 16.1 Å². The number of thiazole rings is 1. The molecule has 0 aromatic carbocycles. The number of aromatic nitrogens is 1. The molecule has 1 aromatic heterocycles. The van der Waals surface area contributed by atoms with E-state index < -0.39 is 0 Å². The highest BCUT2D eigenvalue weighted by Crippen LogP contribution is 2.35. The number of likely N-dealkylation sites (tertiary alicyclic amines) is 1. The third-order valence-corrected chi connectivity index (χ3v) is 6.27. The summed E-state index contributed by atoms with van der Waals surface area (Å²) in [6.45, 7) is 5.21. The number of nitrogens with zero attached hydrogens (tertiary/aromatic N) is 2. The molecule has 2 fully saturated rings. The quantitative estimate of drug-likeness (QED) is 0.808. The van der Waals surface area contributed by atoms with Gasteiger partial charge in [0.15, 0.2) is 0 Å². The second kappa shape index (κ2) is 6.47. The number of carbonyl (C=O) groups is 1. The molecule has 2 atom stereocenters. The van der Waals surface area contributed by atoms with Crippen LogP contribution < -0.4 is 0 Å². The molecule has 116 valence electrons. The smallest absolute Gasteiger partial charge is 0.265 e. The third-order valence-electron chi connectivity index (χ3n) is 4.98. The lowest BCUT2D eigenvalue weighted by atomic mass is 9.81. The van der Waals surface area contributed by atoms with Crippen molar-refractivity contribution in [1.82, 2.24) is 9.88 Å². The molecule has 0 N–H and O–H groups in total. The van der Waals surface area contributed by atoms with Gasteiger partial charge in [-0.15, -0.1) is 11.3 Å². The number of amides is 1. The zero-order valence-electron chi connectivity index (χ0n) is 13.2. The minimum Gasteiger partial charge on any atom is -0.335 e. The Bertz CT molecular complexity index is 497. The molecule has 0 bridgehead atoms. The van der Waals surface area contributed by atoms with Crippen molar-refractivity contribution in [2.24, 2.45) is 5.92 Å². The van der Waals surface area contributed by atoms with Crippen LogP contribution in [0.2, 0.25) is 0 Å². The van der Waals surface area contributed by atoms with Crippen molar-refractivity contribution in [3.63, 3.8) is 0 Å². The molecule has 2 heterocycles. The van der Waals surface area contributed by atoms with Crippen LogP contribution in [0.4, 0.5) is 0 Å². The van der Waals surface area contributed by atoms with Crippen molar-refractivity contribution < 1.29 is 4.79 Å². The van der Waals surface area contributed by atoms with Gasteiger partial charge in [0.1, 0.15) is 4.88 Å². The monoisotopic (exact) mass is 306 g/mol. The molecule has 1 aliphatic heterocycles. The highest BCUT2D eigenvalue weighted by molar-refractivity contribution is 7.13. The molecule has 1 aromatic rings. The van der Waals surface area contributed by atoms with Gasteiger partial charge in [-0.05, 0) is 31.6 Å². The molecule has 3 nitrogen and oxygen atoms in total. The minimum atomic E-state index is 0.234. The van der Waals surface area contributed by atoms with Crippen LogP contribution >= 0.6 is 11.3 Å². The van der Waals surface area contributed by atoms with Gasteiger partial charge in [-0.1, -0.05) is 33.1 Å². The van der Waals surface area contributed by atoms with Crippen LogP contribution in [0, 0.1) is 5.92 Å². The molecule has 3 rings (SSSR count). The molecule has 21 heavy (non-hydrogen) atoms. The average Bonchev–Trinajstić information content (AvgIpc) is 2.88. The van der Waals surface area contributed by atoms with E-state index in [-0.39, 0.29) is 5.91 Å². The summed E-state index contributed by atoms with van der Waals surface area (Å²) in [6.07, 6.45) is 10.7. The molecular formula is C17H26N2OS. The van der Waals surface area contributed by atoms with E-state index in [9.17, 15) is 4.79 Å². The van der Waals surface area contributed by atoms with Gasteiger partial charge in [0, 0.05) is 18.5 Å².